The zero-order valence-corrected chi connectivity index (χ0v) is 19.6. The predicted octanol–water partition coefficient (Wildman–Crippen LogP) is 2.64. The molecular formula is C23H25F3N8O2. The van der Waals surface area contributed by atoms with Gasteiger partial charge in [-0.1, -0.05) is 11.3 Å². The Kier molecular flexibility index (Phi) is 5.67. The number of benzene rings is 1. The number of ether oxygens (including phenoxy) is 2. The van der Waals surface area contributed by atoms with Crippen LogP contribution in [0.25, 0.3) is 27.7 Å². The molecule has 190 valence electrons. The van der Waals surface area contributed by atoms with E-state index in [-0.39, 0.29) is 31.0 Å². The van der Waals surface area contributed by atoms with Crippen molar-refractivity contribution in [1.82, 2.24) is 34.5 Å². The molecule has 3 aromatic heterocycles. The highest BCUT2D eigenvalue weighted by molar-refractivity contribution is 5.89. The second-order valence-electron chi connectivity index (χ2n) is 9.10. The molecule has 0 amide bonds. The average molecular weight is 503 g/mol. The number of hydrogen-bond acceptors (Lipinski definition) is 8. The fraction of sp³-hybridized carbons (Fsp3) is 0.478. The Morgan fingerprint density at radius 1 is 1.25 bits per heavy atom. The van der Waals surface area contributed by atoms with Crippen LogP contribution in [-0.4, -0.2) is 92.6 Å². The standard InChI is InChI=1S/C23H25F3N8O2/c1-35-21-20-16(14-3-4-17-18(9-14)33(31-29-17)7-2-6-24)5-8-34(20)30-22(28-21)27-19-10-32(13-23(19,25)26)15-11-36-12-15/h3-5,8-9,15,19H,2,6-7,10-13H2,1H3,(H,27,30). The summed E-state index contributed by atoms with van der Waals surface area (Å²) >= 11 is 0. The third-order valence-corrected chi connectivity index (χ3v) is 6.78. The molecule has 1 unspecified atom stereocenters. The van der Waals surface area contributed by atoms with Gasteiger partial charge in [-0.05, 0) is 30.2 Å². The number of rotatable bonds is 8. The van der Waals surface area contributed by atoms with Crippen LogP contribution in [-0.2, 0) is 11.3 Å². The maximum absolute atomic E-state index is 14.7. The van der Waals surface area contributed by atoms with Gasteiger partial charge in [0.05, 0.1) is 45.1 Å². The van der Waals surface area contributed by atoms with Gasteiger partial charge < -0.3 is 14.8 Å². The van der Waals surface area contributed by atoms with Gasteiger partial charge in [-0.25, -0.2) is 18.0 Å². The van der Waals surface area contributed by atoms with Gasteiger partial charge in [0.25, 0.3) is 5.92 Å². The topological polar surface area (TPSA) is 94.6 Å². The Balaban J connectivity index is 1.32. The number of fused-ring (bicyclic) bond motifs is 2. The molecule has 0 saturated carbocycles. The van der Waals surface area contributed by atoms with Crippen molar-refractivity contribution in [2.75, 3.05) is 45.4 Å². The molecule has 36 heavy (non-hydrogen) atoms. The van der Waals surface area contributed by atoms with Crippen LogP contribution in [0.3, 0.4) is 0 Å². The number of aromatic nitrogens is 6. The van der Waals surface area contributed by atoms with E-state index in [9.17, 15) is 13.2 Å². The number of aryl methyl sites for hydroxylation is 1. The Morgan fingerprint density at radius 3 is 2.86 bits per heavy atom. The molecule has 1 N–H and O–H groups in total. The lowest BCUT2D eigenvalue weighted by molar-refractivity contribution is -0.0711. The minimum absolute atomic E-state index is 0.0217. The minimum atomic E-state index is -2.93. The Labute approximate surface area is 204 Å². The Hall–Kier alpha value is -3.45. The van der Waals surface area contributed by atoms with Gasteiger partial charge >= 0.3 is 0 Å². The smallest absolute Gasteiger partial charge is 0.281 e. The fourth-order valence-electron chi connectivity index (χ4n) is 4.77. The van der Waals surface area contributed by atoms with Gasteiger partial charge in [0.15, 0.2) is 0 Å². The van der Waals surface area contributed by atoms with E-state index < -0.39 is 18.6 Å². The van der Waals surface area contributed by atoms with Crippen molar-refractivity contribution in [3.05, 3.63) is 30.5 Å². The van der Waals surface area contributed by atoms with Gasteiger partial charge in [0.1, 0.15) is 17.1 Å². The van der Waals surface area contributed by atoms with Crippen LogP contribution in [0.1, 0.15) is 6.42 Å². The van der Waals surface area contributed by atoms with E-state index >= 15 is 0 Å². The lowest BCUT2D eigenvalue weighted by atomic mass is 10.1. The summed E-state index contributed by atoms with van der Waals surface area (Å²) in [7, 11) is 1.48. The van der Waals surface area contributed by atoms with E-state index in [0.717, 1.165) is 16.6 Å². The van der Waals surface area contributed by atoms with E-state index in [1.807, 2.05) is 24.3 Å². The first-order chi connectivity index (χ1) is 17.5. The highest BCUT2D eigenvalue weighted by Crippen LogP contribution is 2.35. The van der Waals surface area contributed by atoms with Crippen molar-refractivity contribution in [2.24, 2.45) is 0 Å². The number of hydrogen-bond donors (Lipinski definition) is 1. The van der Waals surface area contributed by atoms with E-state index in [1.54, 1.807) is 20.3 Å². The second-order valence-corrected chi connectivity index (χ2v) is 9.10. The van der Waals surface area contributed by atoms with E-state index in [4.69, 9.17) is 9.47 Å². The largest absolute Gasteiger partial charge is 0.479 e. The molecule has 0 radical (unpaired) electrons. The van der Waals surface area contributed by atoms with Crippen molar-refractivity contribution >= 4 is 22.5 Å². The zero-order chi connectivity index (χ0) is 24.9. The lowest BCUT2D eigenvalue weighted by Gasteiger charge is -2.34. The van der Waals surface area contributed by atoms with Crippen LogP contribution >= 0.6 is 0 Å². The molecule has 4 aromatic rings. The van der Waals surface area contributed by atoms with Gasteiger partial charge in [-0.3, -0.25) is 9.29 Å². The normalized spacial score (nSPS) is 20.3. The third-order valence-electron chi connectivity index (χ3n) is 6.78. The molecule has 2 fully saturated rings. The summed E-state index contributed by atoms with van der Waals surface area (Å²) in [5.74, 6) is -2.62. The predicted molar refractivity (Wildman–Crippen MR) is 125 cm³/mol. The molecule has 5 heterocycles. The molecule has 2 saturated heterocycles. The summed E-state index contributed by atoms with van der Waals surface area (Å²) in [6, 6.07) is 6.41. The van der Waals surface area contributed by atoms with Gasteiger partial charge in [-0.2, -0.15) is 4.98 Å². The van der Waals surface area contributed by atoms with Crippen LogP contribution in [0.15, 0.2) is 30.5 Å². The third kappa shape index (κ3) is 3.91. The molecule has 0 spiro atoms. The summed E-state index contributed by atoms with van der Waals surface area (Å²) in [4.78, 5) is 6.15. The molecule has 2 aliphatic rings. The van der Waals surface area contributed by atoms with Crippen LogP contribution in [0.2, 0.25) is 0 Å². The summed E-state index contributed by atoms with van der Waals surface area (Å²) in [6.07, 6.45) is 2.08. The van der Waals surface area contributed by atoms with Crippen LogP contribution in [0.5, 0.6) is 5.88 Å². The molecule has 1 atom stereocenters. The van der Waals surface area contributed by atoms with E-state index in [2.05, 4.69) is 25.7 Å². The molecule has 0 aliphatic carbocycles. The highest BCUT2D eigenvalue weighted by Gasteiger charge is 2.51. The van der Waals surface area contributed by atoms with Crippen molar-refractivity contribution in [3.8, 4) is 17.0 Å². The Bertz CT molecular complexity index is 1400. The summed E-state index contributed by atoms with van der Waals surface area (Å²) in [5, 5.41) is 15.5. The molecule has 13 heteroatoms. The monoisotopic (exact) mass is 502 g/mol. The first-order valence-electron chi connectivity index (χ1n) is 11.8. The lowest BCUT2D eigenvalue weighted by Crippen LogP contribution is -2.48. The molecule has 10 nitrogen and oxygen atoms in total. The van der Waals surface area contributed by atoms with Crippen LogP contribution in [0, 0.1) is 0 Å². The number of anilines is 1. The molecule has 1 aromatic carbocycles. The molecular weight excluding hydrogens is 477 g/mol. The number of nitrogens with zero attached hydrogens (tertiary/aromatic N) is 7. The van der Waals surface area contributed by atoms with E-state index in [0.29, 0.717) is 37.2 Å². The maximum atomic E-state index is 14.7. The summed E-state index contributed by atoms with van der Waals surface area (Å²) in [5.41, 5.74) is 3.72. The summed E-state index contributed by atoms with van der Waals surface area (Å²) < 4.78 is 56.1. The minimum Gasteiger partial charge on any atom is -0.479 e. The molecule has 2 aliphatic heterocycles. The van der Waals surface area contributed by atoms with Crippen molar-refractivity contribution in [1.29, 1.82) is 0 Å². The van der Waals surface area contributed by atoms with Crippen molar-refractivity contribution < 1.29 is 22.6 Å². The average Bonchev–Trinajstić information content (AvgIpc) is 3.51. The molecule has 0 bridgehead atoms. The van der Waals surface area contributed by atoms with Gasteiger partial charge in [0, 0.05) is 24.8 Å². The Morgan fingerprint density at radius 2 is 2.11 bits per heavy atom. The van der Waals surface area contributed by atoms with Crippen molar-refractivity contribution in [3.63, 3.8) is 0 Å². The van der Waals surface area contributed by atoms with E-state index in [1.165, 1.54) is 7.11 Å². The first-order valence-corrected chi connectivity index (χ1v) is 11.8. The maximum Gasteiger partial charge on any atom is 0.281 e. The summed E-state index contributed by atoms with van der Waals surface area (Å²) in [6.45, 7) is 0.783. The highest BCUT2D eigenvalue weighted by atomic mass is 19.3. The number of likely N-dealkylation sites (tertiary alicyclic amines) is 1. The number of methoxy groups -OCH3 is 1. The quantitative estimate of drug-likeness (QED) is 0.393. The number of alkyl halides is 3. The second kappa shape index (κ2) is 8.89. The number of nitrogens with one attached hydrogen (secondary N) is 1. The SMILES string of the molecule is COc1nc(NC2CN(C3COC3)CC2(F)F)nn2ccc(-c3ccc4nnn(CCCF)c4c3)c12. The first kappa shape index (κ1) is 23.0. The zero-order valence-electron chi connectivity index (χ0n) is 19.6. The van der Waals surface area contributed by atoms with Crippen molar-refractivity contribution in [2.45, 2.75) is 31.0 Å². The van der Waals surface area contributed by atoms with Crippen LogP contribution in [0.4, 0.5) is 19.1 Å². The molecule has 6 rings (SSSR count). The fourth-order valence-corrected chi connectivity index (χ4v) is 4.77. The van der Waals surface area contributed by atoms with Crippen LogP contribution < -0.4 is 10.1 Å². The van der Waals surface area contributed by atoms with Gasteiger partial charge in [-0.15, -0.1) is 10.2 Å². The van der Waals surface area contributed by atoms with Gasteiger partial charge in [0.2, 0.25) is 11.8 Å². The number of halogens is 3.